The summed E-state index contributed by atoms with van der Waals surface area (Å²) in [4.78, 5) is 27.0. The number of ether oxygens (including phenoxy) is 2. The second-order valence-electron chi connectivity index (χ2n) is 6.07. The number of hydrogen-bond donors (Lipinski definition) is 0. The number of carbonyl (C=O) groups excluding carboxylic acids is 1. The van der Waals surface area contributed by atoms with E-state index in [-0.39, 0.29) is 17.9 Å². The van der Waals surface area contributed by atoms with E-state index in [2.05, 4.69) is 10.1 Å². The summed E-state index contributed by atoms with van der Waals surface area (Å²) in [6.45, 7) is 3.64. The standard InChI is InChI=1S/C19H18N4O5/c1-12-8-13(2)22(21-12)18-7-4-14(10-20-18)19(24)28-11-15-9-16(23(25)26)5-6-17(15)27-3/h4-10H,11H2,1-3H3. The van der Waals surface area contributed by atoms with Gasteiger partial charge in [0.05, 0.1) is 23.3 Å². The van der Waals surface area contributed by atoms with Gasteiger partial charge >= 0.3 is 5.97 Å². The zero-order valence-corrected chi connectivity index (χ0v) is 15.6. The molecule has 0 amide bonds. The van der Waals surface area contributed by atoms with Crippen molar-refractivity contribution in [2.75, 3.05) is 7.11 Å². The Hall–Kier alpha value is -3.75. The van der Waals surface area contributed by atoms with E-state index in [4.69, 9.17) is 9.47 Å². The SMILES string of the molecule is COc1ccc([N+](=O)[O-])cc1COC(=O)c1ccc(-n2nc(C)cc2C)nc1. The van der Waals surface area contributed by atoms with Crippen LogP contribution in [0.3, 0.4) is 0 Å². The monoisotopic (exact) mass is 382 g/mol. The first-order chi connectivity index (χ1) is 13.4. The first-order valence-electron chi connectivity index (χ1n) is 8.37. The molecule has 3 aromatic rings. The number of esters is 1. The van der Waals surface area contributed by atoms with E-state index in [0.29, 0.717) is 17.1 Å². The van der Waals surface area contributed by atoms with E-state index in [1.54, 1.807) is 16.8 Å². The van der Waals surface area contributed by atoms with Crippen molar-refractivity contribution >= 4 is 11.7 Å². The fraction of sp³-hybridized carbons (Fsp3) is 0.211. The first kappa shape index (κ1) is 19.0. The molecule has 0 aliphatic heterocycles. The Kier molecular flexibility index (Phi) is 5.35. The smallest absolute Gasteiger partial charge is 0.340 e. The summed E-state index contributed by atoms with van der Waals surface area (Å²) in [5.41, 5.74) is 2.35. The van der Waals surface area contributed by atoms with Crippen LogP contribution in [0.25, 0.3) is 5.82 Å². The molecule has 2 aromatic heterocycles. The number of rotatable bonds is 6. The maximum absolute atomic E-state index is 12.3. The second-order valence-corrected chi connectivity index (χ2v) is 6.07. The third-order valence-electron chi connectivity index (χ3n) is 4.04. The predicted octanol–water partition coefficient (Wildman–Crippen LogP) is 3.16. The second kappa shape index (κ2) is 7.87. The highest BCUT2D eigenvalue weighted by Crippen LogP contribution is 2.25. The van der Waals surface area contributed by atoms with Crippen LogP contribution >= 0.6 is 0 Å². The van der Waals surface area contributed by atoms with Gasteiger partial charge in [-0.15, -0.1) is 0 Å². The normalized spacial score (nSPS) is 10.5. The van der Waals surface area contributed by atoms with Crippen LogP contribution in [0.4, 0.5) is 5.69 Å². The molecule has 3 rings (SSSR count). The van der Waals surface area contributed by atoms with Crippen LogP contribution in [-0.2, 0) is 11.3 Å². The van der Waals surface area contributed by atoms with E-state index >= 15 is 0 Å². The van der Waals surface area contributed by atoms with E-state index in [1.165, 1.54) is 31.5 Å². The number of nitro groups is 1. The lowest BCUT2D eigenvalue weighted by molar-refractivity contribution is -0.385. The third-order valence-corrected chi connectivity index (χ3v) is 4.04. The van der Waals surface area contributed by atoms with Crippen molar-refractivity contribution in [3.8, 4) is 11.6 Å². The number of methoxy groups -OCH3 is 1. The average molecular weight is 382 g/mol. The van der Waals surface area contributed by atoms with Crippen molar-refractivity contribution in [1.29, 1.82) is 0 Å². The highest BCUT2D eigenvalue weighted by atomic mass is 16.6. The number of nitro benzene ring substituents is 1. The van der Waals surface area contributed by atoms with Gasteiger partial charge in [0, 0.05) is 29.6 Å². The van der Waals surface area contributed by atoms with Gasteiger partial charge in [-0.25, -0.2) is 14.5 Å². The molecular weight excluding hydrogens is 364 g/mol. The predicted molar refractivity (Wildman–Crippen MR) is 99.6 cm³/mol. The molecule has 9 nitrogen and oxygen atoms in total. The van der Waals surface area contributed by atoms with Gasteiger partial charge in [-0.1, -0.05) is 0 Å². The minimum Gasteiger partial charge on any atom is -0.496 e. The Morgan fingerprint density at radius 3 is 2.57 bits per heavy atom. The number of nitrogens with zero attached hydrogens (tertiary/aromatic N) is 4. The molecule has 0 fully saturated rings. The van der Waals surface area contributed by atoms with Crippen molar-refractivity contribution in [2.45, 2.75) is 20.5 Å². The van der Waals surface area contributed by atoms with E-state index < -0.39 is 10.9 Å². The molecule has 0 N–H and O–H groups in total. The Morgan fingerprint density at radius 2 is 2.00 bits per heavy atom. The van der Waals surface area contributed by atoms with Crippen LogP contribution in [0.1, 0.15) is 27.3 Å². The third kappa shape index (κ3) is 3.98. The quantitative estimate of drug-likeness (QED) is 0.366. The number of carbonyl (C=O) groups is 1. The highest BCUT2D eigenvalue weighted by molar-refractivity contribution is 5.89. The van der Waals surface area contributed by atoms with Gasteiger partial charge in [-0.05, 0) is 38.1 Å². The summed E-state index contributed by atoms with van der Waals surface area (Å²) < 4.78 is 12.1. The van der Waals surface area contributed by atoms with Gasteiger partial charge < -0.3 is 9.47 Å². The van der Waals surface area contributed by atoms with Crippen LogP contribution < -0.4 is 4.74 Å². The van der Waals surface area contributed by atoms with Crippen LogP contribution in [0, 0.1) is 24.0 Å². The van der Waals surface area contributed by atoms with Gasteiger partial charge in [0.1, 0.15) is 12.4 Å². The van der Waals surface area contributed by atoms with E-state index in [0.717, 1.165) is 11.4 Å². The van der Waals surface area contributed by atoms with Gasteiger partial charge in [0.25, 0.3) is 5.69 Å². The summed E-state index contributed by atoms with van der Waals surface area (Å²) >= 11 is 0. The fourth-order valence-electron chi connectivity index (χ4n) is 2.71. The zero-order valence-electron chi connectivity index (χ0n) is 15.6. The number of hydrogen-bond acceptors (Lipinski definition) is 7. The number of aromatic nitrogens is 3. The average Bonchev–Trinajstić information content (AvgIpc) is 3.03. The number of benzene rings is 1. The summed E-state index contributed by atoms with van der Waals surface area (Å²) in [6.07, 6.45) is 1.40. The van der Waals surface area contributed by atoms with Crippen molar-refractivity contribution in [3.05, 3.63) is 75.2 Å². The Morgan fingerprint density at radius 1 is 1.21 bits per heavy atom. The molecule has 0 atom stereocenters. The summed E-state index contributed by atoms with van der Waals surface area (Å²) in [5.74, 6) is 0.389. The molecule has 0 aliphatic rings. The Bertz CT molecular complexity index is 1030. The van der Waals surface area contributed by atoms with Crippen LogP contribution in [-0.4, -0.2) is 32.8 Å². The molecule has 144 valence electrons. The van der Waals surface area contributed by atoms with E-state index in [1.807, 2.05) is 19.9 Å². The number of pyridine rings is 1. The summed E-state index contributed by atoms with van der Waals surface area (Å²) in [5, 5.41) is 15.3. The van der Waals surface area contributed by atoms with Gasteiger partial charge in [0.2, 0.25) is 0 Å². The lowest BCUT2D eigenvalue weighted by Crippen LogP contribution is -2.08. The number of non-ortho nitro benzene ring substituents is 1. The molecule has 0 saturated heterocycles. The maximum Gasteiger partial charge on any atom is 0.340 e. The molecule has 0 aliphatic carbocycles. The highest BCUT2D eigenvalue weighted by Gasteiger charge is 2.15. The topological polar surface area (TPSA) is 109 Å². The lowest BCUT2D eigenvalue weighted by Gasteiger charge is -2.09. The Balaban J connectivity index is 1.73. The minimum atomic E-state index is -0.596. The van der Waals surface area contributed by atoms with Crippen LogP contribution in [0.15, 0.2) is 42.6 Å². The molecule has 0 bridgehead atoms. The summed E-state index contributed by atoms with van der Waals surface area (Å²) in [7, 11) is 1.44. The molecule has 0 saturated carbocycles. The van der Waals surface area contributed by atoms with Crippen LogP contribution in [0.5, 0.6) is 5.75 Å². The first-order valence-corrected chi connectivity index (χ1v) is 8.37. The minimum absolute atomic E-state index is 0.109. The largest absolute Gasteiger partial charge is 0.496 e. The molecule has 28 heavy (non-hydrogen) atoms. The molecular formula is C19H18N4O5. The molecule has 1 aromatic carbocycles. The lowest BCUT2D eigenvalue weighted by atomic mass is 10.2. The van der Waals surface area contributed by atoms with Crippen molar-refractivity contribution in [2.24, 2.45) is 0 Å². The van der Waals surface area contributed by atoms with E-state index in [9.17, 15) is 14.9 Å². The molecule has 0 radical (unpaired) electrons. The number of aryl methyl sites for hydroxylation is 2. The molecule has 0 spiro atoms. The Labute approximate surface area is 160 Å². The van der Waals surface area contributed by atoms with Crippen molar-refractivity contribution < 1.29 is 19.2 Å². The van der Waals surface area contributed by atoms with Gasteiger partial charge in [-0.2, -0.15) is 5.10 Å². The summed E-state index contributed by atoms with van der Waals surface area (Å²) in [6, 6.07) is 9.29. The maximum atomic E-state index is 12.3. The van der Waals surface area contributed by atoms with Crippen molar-refractivity contribution in [1.82, 2.24) is 14.8 Å². The zero-order chi connectivity index (χ0) is 20.3. The molecule has 0 unspecified atom stereocenters. The molecule has 9 heteroatoms. The van der Waals surface area contributed by atoms with Crippen molar-refractivity contribution in [3.63, 3.8) is 0 Å². The fourth-order valence-corrected chi connectivity index (χ4v) is 2.71. The van der Waals surface area contributed by atoms with Gasteiger partial charge in [0.15, 0.2) is 5.82 Å². The van der Waals surface area contributed by atoms with Gasteiger partial charge in [-0.3, -0.25) is 10.1 Å². The molecule has 2 heterocycles. The van der Waals surface area contributed by atoms with Crippen LogP contribution in [0.2, 0.25) is 0 Å².